The van der Waals surface area contributed by atoms with E-state index in [-0.39, 0.29) is 5.56 Å². The molecule has 1 aromatic carbocycles. The first-order valence-corrected chi connectivity index (χ1v) is 8.76. The van der Waals surface area contributed by atoms with E-state index in [0.717, 1.165) is 4.90 Å². The molecule has 1 N–H and O–H groups in total. The maximum atomic E-state index is 12.3. The van der Waals surface area contributed by atoms with Crippen LogP contribution in [0.2, 0.25) is 0 Å². The minimum absolute atomic E-state index is 0.217. The Morgan fingerprint density at radius 1 is 1.00 bits per heavy atom. The first-order valence-electron chi connectivity index (χ1n) is 8.76. The van der Waals surface area contributed by atoms with Crippen LogP contribution in [0.1, 0.15) is 29.4 Å². The molecule has 4 rings (SSSR count). The Hall–Kier alpha value is -3.79. The SMILES string of the molecule is O=C(OC1CCC(n2ccc(=O)[nH]c2=O)O1)c1ccc(N2C(=O)C=CC2=O)cc1. The summed E-state index contributed by atoms with van der Waals surface area (Å²) in [4.78, 5) is 61.8. The highest BCUT2D eigenvalue weighted by molar-refractivity contribution is 6.28. The van der Waals surface area contributed by atoms with Crippen molar-refractivity contribution in [1.29, 1.82) is 0 Å². The van der Waals surface area contributed by atoms with Crippen molar-refractivity contribution >= 4 is 23.5 Å². The molecule has 2 aliphatic heterocycles. The fourth-order valence-corrected chi connectivity index (χ4v) is 3.12. The number of nitrogens with zero attached hydrogens (tertiary/aromatic N) is 2. The average Bonchev–Trinajstić information content (AvgIpc) is 3.28. The van der Waals surface area contributed by atoms with Gasteiger partial charge in [-0.2, -0.15) is 0 Å². The number of nitrogens with one attached hydrogen (secondary N) is 1. The van der Waals surface area contributed by atoms with Crippen LogP contribution in [-0.2, 0) is 19.1 Å². The van der Waals surface area contributed by atoms with E-state index in [2.05, 4.69) is 4.98 Å². The molecule has 0 bridgehead atoms. The summed E-state index contributed by atoms with van der Waals surface area (Å²) in [5.41, 5.74) is -0.556. The van der Waals surface area contributed by atoms with Gasteiger partial charge in [-0.05, 0) is 30.7 Å². The molecule has 0 radical (unpaired) electrons. The van der Waals surface area contributed by atoms with Crippen LogP contribution < -0.4 is 16.1 Å². The summed E-state index contributed by atoms with van der Waals surface area (Å²) in [7, 11) is 0. The van der Waals surface area contributed by atoms with Gasteiger partial charge < -0.3 is 9.47 Å². The molecule has 10 heteroatoms. The Balaban J connectivity index is 1.40. The number of esters is 1. The van der Waals surface area contributed by atoms with E-state index in [4.69, 9.17) is 9.47 Å². The second kappa shape index (κ2) is 7.32. The maximum Gasteiger partial charge on any atom is 0.340 e. The van der Waals surface area contributed by atoms with Crippen LogP contribution in [0, 0.1) is 0 Å². The molecule has 29 heavy (non-hydrogen) atoms. The van der Waals surface area contributed by atoms with Gasteiger partial charge in [-0.15, -0.1) is 0 Å². The quantitative estimate of drug-likeness (QED) is 0.586. The lowest BCUT2D eigenvalue weighted by Crippen LogP contribution is -2.31. The van der Waals surface area contributed by atoms with Crippen molar-refractivity contribution in [2.24, 2.45) is 0 Å². The van der Waals surface area contributed by atoms with Crippen LogP contribution in [0.25, 0.3) is 0 Å². The highest BCUT2D eigenvalue weighted by Crippen LogP contribution is 2.28. The number of anilines is 1. The normalized spacial score (nSPS) is 21.0. The summed E-state index contributed by atoms with van der Waals surface area (Å²) >= 11 is 0. The number of carbonyl (C=O) groups is 3. The fraction of sp³-hybridized carbons (Fsp3) is 0.211. The van der Waals surface area contributed by atoms with E-state index in [1.807, 2.05) is 0 Å². The van der Waals surface area contributed by atoms with E-state index >= 15 is 0 Å². The largest absolute Gasteiger partial charge is 0.432 e. The van der Waals surface area contributed by atoms with Crippen LogP contribution >= 0.6 is 0 Å². The Kier molecular flexibility index (Phi) is 4.69. The Morgan fingerprint density at radius 3 is 2.34 bits per heavy atom. The fourth-order valence-electron chi connectivity index (χ4n) is 3.12. The van der Waals surface area contributed by atoms with Crippen molar-refractivity contribution in [3.05, 3.63) is 75.1 Å². The predicted octanol–water partition coefficient (Wildman–Crippen LogP) is 0.458. The summed E-state index contributed by atoms with van der Waals surface area (Å²) in [6.45, 7) is 0. The number of amides is 2. The van der Waals surface area contributed by atoms with Crippen LogP contribution in [0.3, 0.4) is 0 Å². The monoisotopic (exact) mass is 397 g/mol. The summed E-state index contributed by atoms with van der Waals surface area (Å²) in [5, 5.41) is 0. The first-order chi connectivity index (χ1) is 13.9. The Morgan fingerprint density at radius 2 is 1.69 bits per heavy atom. The van der Waals surface area contributed by atoms with Gasteiger partial charge >= 0.3 is 11.7 Å². The van der Waals surface area contributed by atoms with Gasteiger partial charge in [0.25, 0.3) is 17.4 Å². The number of ether oxygens (including phenoxy) is 2. The number of H-pyrrole nitrogens is 1. The van der Waals surface area contributed by atoms with Crippen molar-refractivity contribution in [2.75, 3.05) is 4.90 Å². The third kappa shape index (κ3) is 3.65. The summed E-state index contributed by atoms with van der Waals surface area (Å²) in [6.07, 6.45) is 2.97. The molecule has 0 aliphatic carbocycles. The third-order valence-electron chi connectivity index (χ3n) is 4.53. The van der Waals surface area contributed by atoms with Gasteiger partial charge in [0.1, 0.15) is 6.23 Å². The van der Waals surface area contributed by atoms with Crippen molar-refractivity contribution < 1.29 is 23.9 Å². The van der Waals surface area contributed by atoms with Crippen molar-refractivity contribution in [3.63, 3.8) is 0 Å². The lowest BCUT2D eigenvalue weighted by Gasteiger charge is -2.16. The molecule has 1 fully saturated rings. The molecule has 2 unspecified atom stereocenters. The van der Waals surface area contributed by atoms with Crippen molar-refractivity contribution in [1.82, 2.24) is 9.55 Å². The maximum absolute atomic E-state index is 12.3. The summed E-state index contributed by atoms with van der Waals surface area (Å²) in [6, 6.07) is 7.02. The van der Waals surface area contributed by atoms with Gasteiger partial charge in [-0.25, -0.2) is 14.5 Å². The van der Waals surface area contributed by atoms with Gasteiger partial charge in [-0.3, -0.25) is 23.9 Å². The van der Waals surface area contributed by atoms with Crippen LogP contribution in [0.5, 0.6) is 0 Å². The molecule has 148 valence electrons. The molecule has 1 aromatic heterocycles. The van der Waals surface area contributed by atoms with E-state index in [9.17, 15) is 24.0 Å². The van der Waals surface area contributed by atoms with Crippen molar-refractivity contribution in [3.8, 4) is 0 Å². The molecule has 2 atom stereocenters. The number of hydrogen-bond acceptors (Lipinski definition) is 7. The van der Waals surface area contributed by atoms with Crippen molar-refractivity contribution in [2.45, 2.75) is 25.4 Å². The number of carbonyl (C=O) groups excluding carboxylic acids is 3. The van der Waals surface area contributed by atoms with Gasteiger partial charge in [0, 0.05) is 30.8 Å². The Bertz CT molecular complexity index is 1110. The number of hydrogen-bond donors (Lipinski definition) is 1. The molecule has 1 saturated heterocycles. The summed E-state index contributed by atoms with van der Waals surface area (Å²) in [5.74, 6) is -1.55. The molecule has 2 aromatic rings. The number of aromatic amines is 1. The van der Waals surface area contributed by atoms with Gasteiger partial charge in [0.05, 0.1) is 11.3 Å². The zero-order valence-corrected chi connectivity index (χ0v) is 14.9. The number of rotatable bonds is 4. The van der Waals surface area contributed by atoms with Gasteiger partial charge in [0.15, 0.2) is 0 Å². The molecular weight excluding hydrogens is 382 g/mol. The standard InChI is InChI=1S/C19H15N3O7/c23-13-9-10-21(19(27)20-13)16-7-8-17(28-16)29-18(26)11-1-3-12(4-2-11)22-14(24)5-6-15(22)25/h1-6,9-10,16-17H,7-8H2,(H,20,23,27). The number of benzene rings is 1. The summed E-state index contributed by atoms with van der Waals surface area (Å²) < 4.78 is 12.1. The molecule has 0 spiro atoms. The van der Waals surface area contributed by atoms with Crippen LogP contribution in [-0.4, -0.2) is 33.6 Å². The predicted molar refractivity (Wildman–Crippen MR) is 98.0 cm³/mol. The van der Waals surface area contributed by atoms with E-state index in [1.165, 1.54) is 53.2 Å². The van der Waals surface area contributed by atoms with E-state index in [1.54, 1.807) is 0 Å². The first kappa shape index (κ1) is 18.6. The Labute approximate surface area is 163 Å². The lowest BCUT2D eigenvalue weighted by molar-refractivity contribution is -0.122. The number of aromatic nitrogens is 2. The van der Waals surface area contributed by atoms with E-state index in [0.29, 0.717) is 18.5 Å². The minimum atomic E-state index is -0.850. The highest BCUT2D eigenvalue weighted by Gasteiger charge is 2.30. The topological polar surface area (TPSA) is 128 Å². The second-order valence-corrected chi connectivity index (χ2v) is 6.41. The minimum Gasteiger partial charge on any atom is -0.432 e. The van der Waals surface area contributed by atoms with Crippen LogP contribution in [0.4, 0.5) is 5.69 Å². The molecular formula is C19H15N3O7. The van der Waals surface area contributed by atoms with E-state index < -0.39 is 41.6 Å². The molecule has 2 aliphatic rings. The van der Waals surface area contributed by atoms with Crippen LogP contribution in [0.15, 0.2) is 58.3 Å². The van der Waals surface area contributed by atoms with Gasteiger partial charge in [-0.1, -0.05) is 0 Å². The highest BCUT2D eigenvalue weighted by atomic mass is 16.7. The molecule has 3 heterocycles. The number of imide groups is 1. The smallest absolute Gasteiger partial charge is 0.340 e. The molecule has 2 amide bonds. The third-order valence-corrected chi connectivity index (χ3v) is 4.53. The zero-order valence-electron chi connectivity index (χ0n) is 14.9. The average molecular weight is 397 g/mol. The second-order valence-electron chi connectivity index (χ2n) is 6.41. The zero-order chi connectivity index (χ0) is 20.5. The van der Waals surface area contributed by atoms with Gasteiger partial charge in [0.2, 0.25) is 6.29 Å². The molecule has 0 saturated carbocycles. The molecule has 10 nitrogen and oxygen atoms in total. The lowest BCUT2D eigenvalue weighted by atomic mass is 10.2.